The van der Waals surface area contributed by atoms with E-state index in [1.165, 1.54) is 38.8 Å². The summed E-state index contributed by atoms with van der Waals surface area (Å²) in [5, 5.41) is 3.46. The smallest absolute Gasteiger partial charge is 0.00173 e. The highest BCUT2D eigenvalue weighted by molar-refractivity contribution is 4.83. The number of hydrogen-bond donors (Lipinski definition) is 1. The summed E-state index contributed by atoms with van der Waals surface area (Å²) >= 11 is 0. The molecule has 0 amide bonds. The first kappa shape index (κ1) is 5.72. The Morgan fingerprint density at radius 2 is 1.44 bits per heavy atom. The van der Waals surface area contributed by atoms with E-state index >= 15 is 0 Å². The Bertz CT molecular complexity index is 88.7. The van der Waals surface area contributed by atoms with Gasteiger partial charge in [-0.2, -0.15) is 0 Å². The molecule has 2 rings (SSSR count). The molecule has 1 nitrogen and oxygen atoms in total. The zero-order chi connectivity index (χ0) is 6.10. The summed E-state index contributed by atoms with van der Waals surface area (Å²) in [6.45, 7) is 2.62. The lowest BCUT2D eigenvalue weighted by Gasteiger charge is -2.23. The number of fused-ring (bicyclic) bond motifs is 1. The van der Waals surface area contributed by atoms with Crippen LogP contribution in [0.25, 0.3) is 0 Å². The van der Waals surface area contributed by atoms with Crippen molar-refractivity contribution in [1.29, 1.82) is 0 Å². The molecule has 1 heterocycles. The van der Waals surface area contributed by atoms with Crippen LogP contribution < -0.4 is 5.32 Å². The van der Waals surface area contributed by atoms with E-state index in [2.05, 4.69) is 5.32 Å². The molecule has 1 aliphatic carbocycles. The van der Waals surface area contributed by atoms with Crippen molar-refractivity contribution in [2.24, 2.45) is 11.8 Å². The summed E-state index contributed by atoms with van der Waals surface area (Å²) in [4.78, 5) is 0. The summed E-state index contributed by atoms with van der Waals surface area (Å²) in [5.41, 5.74) is 0. The minimum Gasteiger partial charge on any atom is -0.316 e. The quantitative estimate of drug-likeness (QED) is 0.516. The molecule has 2 aliphatic rings. The van der Waals surface area contributed by atoms with Crippen LogP contribution in [-0.2, 0) is 0 Å². The topological polar surface area (TPSA) is 12.0 Å². The third kappa shape index (κ3) is 0.983. The lowest BCUT2D eigenvalue weighted by molar-refractivity contribution is 0.299. The van der Waals surface area contributed by atoms with Crippen molar-refractivity contribution in [2.45, 2.75) is 25.7 Å². The van der Waals surface area contributed by atoms with Gasteiger partial charge in [-0.05, 0) is 37.8 Å². The number of hydrogen-bond acceptors (Lipinski definition) is 1. The molecule has 0 spiro atoms. The molecule has 0 bridgehead atoms. The van der Waals surface area contributed by atoms with Gasteiger partial charge >= 0.3 is 0 Å². The summed E-state index contributed by atoms with van der Waals surface area (Å²) in [5.74, 6) is 2.11. The van der Waals surface area contributed by atoms with Crippen molar-refractivity contribution < 1.29 is 0 Å². The molecule has 1 aliphatic heterocycles. The molecule has 0 unspecified atom stereocenters. The first-order chi connectivity index (χ1) is 4.47. The maximum absolute atomic E-state index is 3.46. The van der Waals surface area contributed by atoms with Crippen LogP contribution in [0.2, 0.25) is 0 Å². The van der Waals surface area contributed by atoms with Gasteiger partial charge in [0, 0.05) is 0 Å². The largest absolute Gasteiger partial charge is 0.316 e. The van der Waals surface area contributed by atoms with Gasteiger partial charge in [-0.3, -0.25) is 0 Å². The zero-order valence-electron chi connectivity index (χ0n) is 5.90. The fourth-order valence-electron chi connectivity index (χ4n) is 2.28. The van der Waals surface area contributed by atoms with Crippen molar-refractivity contribution in [2.75, 3.05) is 13.1 Å². The monoisotopic (exact) mass is 125 g/mol. The Hall–Kier alpha value is -0.0400. The summed E-state index contributed by atoms with van der Waals surface area (Å²) < 4.78 is 0. The van der Waals surface area contributed by atoms with Crippen molar-refractivity contribution >= 4 is 0 Å². The molecule has 9 heavy (non-hydrogen) atoms. The second-order valence-electron chi connectivity index (χ2n) is 3.46. The van der Waals surface area contributed by atoms with Gasteiger partial charge in [-0.25, -0.2) is 0 Å². The highest BCUT2D eigenvalue weighted by Gasteiger charge is 2.28. The lowest BCUT2D eigenvalue weighted by atomic mass is 9.82. The van der Waals surface area contributed by atoms with Crippen molar-refractivity contribution in [3.05, 3.63) is 0 Å². The van der Waals surface area contributed by atoms with Gasteiger partial charge < -0.3 is 5.32 Å². The fourth-order valence-corrected chi connectivity index (χ4v) is 2.28. The summed E-state index contributed by atoms with van der Waals surface area (Å²) in [6.07, 6.45) is 5.97. The van der Waals surface area contributed by atoms with Crippen molar-refractivity contribution in [3.8, 4) is 0 Å². The molecule has 1 N–H and O–H groups in total. The Labute approximate surface area is 56.8 Å². The first-order valence-corrected chi connectivity index (χ1v) is 4.17. The van der Waals surface area contributed by atoms with Crippen LogP contribution in [0.5, 0.6) is 0 Å². The van der Waals surface area contributed by atoms with E-state index in [1.54, 1.807) is 0 Å². The van der Waals surface area contributed by atoms with Gasteiger partial charge in [0.25, 0.3) is 0 Å². The van der Waals surface area contributed by atoms with Gasteiger partial charge in [0.1, 0.15) is 0 Å². The fraction of sp³-hybridized carbons (Fsp3) is 1.00. The van der Waals surface area contributed by atoms with Crippen LogP contribution in [0.15, 0.2) is 0 Å². The molecule has 52 valence electrons. The van der Waals surface area contributed by atoms with Crippen molar-refractivity contribution in [3.63, 3.8) is 0 Å². The van der Waals surface area contributed by atoms with E-state index in [0.29, 0.717) is 0 Å². The van der Waals surface area contributed by atoms with Crippen LogP contribution in [-0.4, -0.2) is 13.1 Å². The average molecular weight is 125 g/mol. The molecule has 0 aromatic rings. The Morgan fingerprint density at radius 3 is 2.00 bits per heavy atom. The summed E-state index contributed by atoms with van der Waals surface area (Å²) in [7, 11) is 0. The molecule has 0 aromatic heterocycles. The van der Waals surface area contributed by atoms with Gasteiger partial charge in [0.15, 0.2) is 0 Å². The predicted octanol–water partition coefficient (Wildman–Crippen LogP) is 1.40. The molecule has 1 saturated heterocycles. The van der Waals surface area contributed by atoms with E-state index in [1.807, 2.05) is 0 Å². The van der Waals surface area contributed by atoms with Crippen LogP contribution in [0.4, 0.5) is 0 Å². The lowest BCUT2D eigenvalue weighted by Crippen LogP contribution is -2.16. The Morgan fingerprint density at radius 1 is 0.889 bits per heavy atom. The summed E-state index contributed by atoms with van der Waals surface area (Å²) in [6, 6.07) is 0. The van der Waals surface area contributed by atoms with Crippen LogP contribution >= 0.6 is 0 Å². The Balaban J connectivity index is 1.97. The second kappa shape index (κ2) is 2.30. The van der Waals surface area contributed by atoms with E-state index in [4.69, 9.17) is 0 Å². The van der Waals surface area contributed by atoms with Gasteiger partial charge in [-0.1, -0.05) is 12.8 Å². The highest BCUT2D eigenvalue weighted by Crippen LogP contribution is 2.31. The van der Waals surface area contributed by atoms with Gasteiger partial charge in [-0.15, -0.1) is 0 Å². The van der Waals surface area contributed by atoms with Crippen LogP contribution in [0.1, 0.15) is 25.7 Å². The van der Waals surface area contributed by atoms with Crippen LogP contribution in [0.3, 0.4) is 0 Å². The van der Waals surface area contributed by atoms with Crippen molar-refractivity contribution in [1.82, 2.24) is 5.32 Å². The maximum atomic E-state index is 3.46. The van der Waals surface area contributed by atoms with E-state index in [9.17, 15) is 0 Å². The van der Waals surface area contributed by atoms with E-state index in [-0.39, 0.29) is 0 Å². The third-order valence-corrected chi connectivity index (χ3v) is 2.88. The normalized spacial score (nSPS) is 42.7. The number of rotatable bonds is 0. The Kier molecular flexibility index (Phi) is 1.46. The maximum Gasteiger partial charge on any atom is -0.00173 e. The SMILES string of the molecule is C1CC[C@@H]2CNC[C@H]2C1. The molecule has 2 fully saturated rings. The van der Waals surface area contributed by atoms with Crippen LogP contribution in [0, 0.1) is 11.8 Å². The predicted molar refractivity (Wildman–Crippen MR) is 38.3 cm³/mol. The van der Waals surface area contributed by atoms with E-state index in [0.717, 1.165) is 11.8 Å². The molecule has 2 atom stereocenters. The average Bonchev–Trinajstić information content (AvgIpc) is 2.33. The second-order valence-corrected chi connectivity index (χ2v) is 3.46. The third-order valence-electron chi connectivity index (χ3n) is 2.88. The van der Waals surface area contributed by atoms with Gasteiger partial charge in [0.2, 0.25) is 0 Å². The minimum atomic E-state index is 1.05. The molecule has 0 aromatic carbocycles. The molecular weight excluding hydrogens is 110 g/mol. The number of nitrogens with one attached hydrogen (secondary N) is 1. The molecular formula is C8H15N. The molecule has 1 heteroatoms. The standard InChI is InChI=1S/C8H15N/c1-2-4-8-6-9-5-7(8)3-1/h7-9H,1-6H2/t7-,8-/m1/s1. The zero-order valence-corrected chi connectivity index (χ0v) is 5.90. The van der Waals surface area contributed by atoms with Gasteiger partial charge in [0.05, 0.1) is 0 Å². The molecule has 0 radical (unpaired) electrons. The minimum absolute atomic E-state index is 1.05. The highest BCUT2D eigenvalue weighted by atomic mass is 14.9. The first-order valence-electron chi connectivity index (χ1n) is 4.17. The molecule has 1 saturated carbocycles. The van der Waals surface area contributed by atoms with E-state index < -0.39 is 0 Å².